The molecule has 0 saturated carbocycles. The van der Waals surface area contributed by atoms with E-state index >= 15 is 0 Å². The number of nitrogens with zero attached hydrogens (tertiary/aromatic N) is 1. The van der Waals surface area contributed by atoms with E-state index in [9.17, 15) is 14.7 Å². The number of thiophene rings is 1. The zero-order valence-electron chi connectivity index (χ0n) is 10.8. The van der Waals surface area contributed by atoms with Crippen LogP contribution in [0, 0.1) is 0 Å². The number of amides is 2. The molecule has 1 fully saturated rings. The summed E-state index contributed by atoms with van der Waals surface area (Å²) in [5.41, 5.74) is 0. The second-order valence-corrected chi connectivity index (χ2v) is 5.73. The summed E-state index contributed by atoms with van der Waals surface area (Å²) in [6.45, 7) is 2.44. The van der Waals surface area contributed by atoms with Crippen LogP contribution in [0.5, 0.6) is 0 Å². The monoisotopic (exact) mass is 282 g/mol. The number of aliphatic hydroxyl groups is 1. The fourth-order valence-corrected chi connectivity index (χ4v) is 3.01. The van der Waals surface area contributed by atoms with Crippen molar-refractivity contribution in [3.63, 3.8) is 0 Å². The van der Waals surface area contributed by atoms with E-state index in [1.54, 1.807) is 4.90 Å². The fourth-order valence-electron chi connectivity index (χ4n) is 2.23. The number of carbonyl (C=O) groups excluding carboxylic acids is 2. The number of β-amino-alcohol motifs (C(OH)–C–C–N with tert-alkyl or cyclic N) is 1. The molecule has 2 atom stereocenters. The van der Waals surface area contributed by atoms with E-state index in [0.29, 0.717) is 19.5 Å². The number of nitrogens with one attached hydrogen (secondary N) is 1. The SMILES string of the molecule is CC(=O)NC(CC(=O)N1CCC(O)C1)c1cccs1. The Morgan fingerprint density at radius 3 is 2.95 bits per heavy atom. The number of aliphatic hydroxyl groups excluding tert-OH is 1. The maximum Gasteiger partial charge on any atom is 0.225 e. The predicted octanol–water partition coefficient (Wildman–Crippen LogP) is 0.909. The molecule has 6 heteroatoms. The van der Waals surface area contributed by atoms with Gasteiger partial charge in [-0.3, -0.25) is 9.59 Å². The van der Waals surface area contributed by atoms with E-state index in [0.717, 1.165) is 4.88 Å². The van der Waals surface area contributed by atoms with Crippen molar-refractivity contribution in [2.75, 3.05) is 13.1 Å². The van der Waals surface area contributed by atoms with Crippen LogP contribution in [0.15, 0.2) is 17.5 Å². The summed E-state index contributed by atoms with van der Waals surface area (Å²) >= 11 is 1.52. The first-order valence-electron chi connectivity index (χ1n) is 6.32. The smallest absolute Gasteiger partial charge is 0.225 e. The minimum absolute atomic E-state index is 0.0244. The molecule has 1 saturated heterocycles. The Morgan fingerprint density at radius 2 is 2.42 bits per heavy atom. The molecule has 1 aliphatic heterocycles. The Labute approximate surface area is 116 Å². The summed E-state index contributed by atoms with van der Waals surface area (Å²) in [6, 6.07) is 3.54. The minimum Gasteiger partial charge on any atom is -0.391 e. The highest BCUT2D eigenvalue weighted by atomic mass is 32.1. The van der Waals surface area contributed by atoms with Gasteiger partial charge < -0.3 is 15.3 Å². The van der Waals surface area contributed by atoms with Crippen LogP contribution in [0.25, 0.3) is 0 Å². The van der Waals surface area contributed by atoms with Crippen LogP contribution in [0.3, 0.4) is 0 Å². The average Bonchev–Trinajstić information content (AvgIpc) is 2.97. The number of likely N-dealkylation sites (tertiary alicyclic amines) is 1. The molecular formula is C13H18N2O3S. The van der Waals surface area contributed by atoms with Gasteiger partial charge in [0, 0.05) is 24.9 Å². The van der Waals surface area contributed by atoms with Gasteiger partial charge in [0.05, 0.1) is 18.6 Å². The van der Waals surface area contributed by atoms with Gasteiger partial charge in [-0.2, -0.15) is 0 Å². The summed E-state index contributed by atoms with van der Waals surface area (Å²) in [5.74, 6) is -0.170. The molecule has 2 heterocycles. The number of rotatable bonds is 4. The molecule has 2 rings (SSSR count). The molecule has 0 spiro atoms. The van der Waals surface area contributed by atoms with Gasteiger partial charge in [0.25, 0.3) is 0 Å². The molecule has 1 aromatic rings. The lowest BCUT2D eigenvalue weighted by Crippen LogP contribution is -2.34. The first kappa shape index (κ1) is 14.0. The molecule has 1 aliphatic rings. The summed E-state index contributed by atoms with van der Waals surface area (Å²) in [5, 5.41) is 14.2. The molecule has 5 nitrogen and oxygen atoms in total. The second kappa shape index (κ2) is 6.16. The molecule has 0 bridgehead atoms. The van der Waals surface area contributed by atoms with E-state index in [2.05, 4.69) is 5.32 Å². The quantitative estimate of drug-likeness (QED) is 0.862. The van der Waals surface area contributed by atoms with Crippen molar-refractivity contribution < 1.29 is 14.7 Å². The van der Waals surface area contributed by atoms with Crippen molar-refractivity contribution in [1.82, 2.24) is 10.2 Å². The Bertz CT molecular complexity index is 447. The lowest BCUT2D eigenvalue weighted by Gasteiger charge is -2.21. The molecule has 0 aromatic carbocycles. The van der Waals surface area contributed by atoms with Crippen LogP contribution in [0.2, 0.25) is 0 Å². The zero-order valence-corrected chi connectivity index (χ0v) is 11.7. The molecular weight excluding hydrogens is 264 g/mol. The Hall–Kier alpha value is -1.40. The van der Waals surface area contributed by atoms with Gasteiger partial charge in [-0.05, 0) is 17.9 Å². The highest BCUT2D eigenvalue weighted by Crippen LogP contribution is 2.23. The van der Waals surface area contributed by atoms with Crippen LogP contribution < -0.4 is 5.32 Å². The van der Waals surface area contributed by atoms with E-state index in [1.165, 1.54) is 18.3 Å². The van der Waals surface area contributed by atoms with Crippen LogP contribution in [0.1, 0.15) is 30.7 Å². The molecule has 2 N–H and O–H groups in total. The third-order valence-electron chi connectivity index (χ3n) is 3.16. The number of hydrogen-bond donors (Lipinski definition) is 2. The van der Waals surface area contributed by atoms with Crippen molar-refractivity contribution in [2.45, 2.75) is 31.9 Å². The maximum absolute atomic E-state index is 12.1. The topological polar surface area (TPSA) is 69.6 Å². The van der Waals surface area contributed by atoms with Gasteiger partial charge in [-0.15, -0.1) is 11.3 Å². The highest BCUT2D eigenvalue weighted by Gasteiger charge is 2.27. The van der Waals surface area contributed by atoms with Crippen LogP contribution >= 0.6 is 11.3 Å². The Balaban J connectivity index is 1.99. The van der Waals surface area contributed by atoms with Crippen molar-refractivity contribution in [2.24, 2.45) is 0 Å². The first-order chi connectivity index (χ1) is 9.06. The number of carbonyl (C=O) groups is 2. The van der Waals surface area contributed by atoms with Gasteiger partial charge in [0.1, 0.15) is 0 Å². The highest BCUT2D eigenvalue weighted by molar-refractivity contribution is 7.10. The number of hydrogen-bond acceptors (Lipinski definition) is 4. The van der Waals surface area contributed by atoms with Gasteiger partial charge in [-0.1, -0.05) is 6.07 Å². The molecule has 19 heavy (non-hydrogen) atoms. The molecule has 0 radical (unpaired) electrons. The molecule has 0 aliphatic carbocycles. The van der Waals surface area contributed by atoms with Crippen molar-refractivity contribution in [1.29, 1.82) is 0 Å². The second-order valence-electron chi connectivity index (χ2n) is 4.75. The van der Waals surface area contributed by atoms with E-state index < -0.39 is 6.10 Å². The lowest BCUT2D eigenvalue weighted by atomic mass is 10.1. The predicted molar refractivity (Wildman–Crippen MR) is 72.7 cm³/mol. The summed E-state index contributed by atoms with van der Waals surface area (Å²) < 4.78 is 0. The molecule has 104 valence electrons. The van der Waals surface area contributed by atoms with Crippen LogP contribution in [0.4, 0.5) is 0 Å². The van der Waals surface area contributed by atoms with Crippen molar-refractivity contribution in [3.05, 3.63) is 22.4 Å². The molecule has 2 unspecified atom stereocenters. The third kappa shape index (κ3) is 3.78. The molecule has 1 aromatic heterocycles. The van der Waals surface area contributed by atoms with Gasteiger partial charge in [-0.25, -0.2) is 0 Å². The normalized spacial score (nSPS) is 20.3. The Morgan fingerprint density at radius 1 is 1.63 bits per heavy atom. The third-order valence-corrected chi connectivity index (χ3v) is 4.14. The summed E-state index contributed by atoms with van der Waals surface area (Å²) in [7, 11) is 0. The maximum atomic E-state index is 12.1. The van der Waals surface area contributed by atoms with Crippen molar-refractivity contribution in [3.8, 4) is 0 Å². The minimum atomic E-state index is -0.412. The van der Waals surface area contributed by atoms with Crippen LogP contribution in [-0.2, 0) is 9.59 Å². The van der Waals surface area contributed by atoms with E-state index in [1.807, 2.05) is 17.5 Å². The van der Waals surface area contributed by atoms with E-state index in [4.69, 9.17) is 0 Å². The largest absolute Gasteiger partial charge is 0.391 e. The van der Waals surface area contributed by atoms with Gasteiger partial charge in [0.2, 0.25) is 11.8 Å². The summed E-state index contributed by atoms with van der Waals surface area (Å²) in [4.78, 5) is 26.0. The summed E-state index contributed by atoms with van der Waals surface area (Å²) in [6.07, 6.45) is 0.465. The Kier molecular flexibility index (Phi) is 4.55. The van der Waals surface area contributed by atoms with Crippen molar-refractivity contribution >= 4 is 23.2 Å². The average molecular weight is 282 g/mol. The first-order valence-corrected chi connectivity index (χ1v) is 7.20. The molecule has 2 amide bonds. The lowest BCUT2D eigenvalue weighted by molar-refractivity contribution is -0.131. The standard InChI is InChI=1S/C13H18N2O3S/c1-9(16)14-11(12-3-2-6-19-12)7-13(18)15-5-4-10(17)8-15/h2-3,6,10-11,17H,4-5,7-8H2,1H3,(H,14,16). The fraction of sp³-hybridized carbons (Fsp3) is 0.538. The van der Waals surface area contributed by atoms with E-state index in [-0.39, 0.29) is 24.3 Å². The van der Waals surface area contributed by atoms with Gasteiger partial charge in [0.15, 0.2) is 0 Å². The van der Waals surface area contributed by atoms with Crippen LogP contribution in [-0.4, -0.2) is 41.0 Å². The zero-order chi connectivity index (χ0) is 13.8. The van der Waals surface area contributed by atoms with Gasteiger partial charge >= 0.3 is 0 Å².